The van der Waals surface area contributed by atoms with Crippen LogP contribution in [-0.2, 0) is 16.6 Å². The predicted octanol–water partition coefficient (Wildman–Crippen LogP) is 2.75. The van der Waals surface area contributed by atoms with Crippen molar-refractivity contribution in [3.05, 3.63) is 69.2 Å². The van der Waals surface area contributed by atoms with E-state index in [0.29, 0.717) is 31.2 Å². The quantitative estimate of drug-likeness (QED) is 0.574. The summed E-state index contributed by atoms with van der Waals surface area (Å²) in [4.78, 5) is 12.4. The molecule has 0 aliphatic carbocycles. The maximum absolute atomic E-state index is 12.7. The lowest BCUT2D eigenvalue weighted by molar-refractivity contribution is -0.385. The Labute approximate surface area is 157 Å². The molecule has 1 aliphatic heterocycles. The number of piperazine rings is 1. The van der Waals surface area contributed by atoms with Crippen molar-refractivity contribution in [3.63, 3.8) is 0 Å². The third-order valence-corrected chi connectivity index (χ3v) is 6.46. The van der Waals surface area contributed by atoms with Crippen LogP contribution in [-0.4, -0.2) is 48.7 Å². The fraction of sp³-hybridized carbons (Fsp3) is 0.294. The summed E-state index contributed by atoms with van der Waals surface area (Å²) < 4.78 is 26.8. The summed E-state index contributed by atoms with van der Waals surface area (Å²) in [5, 5.41) is 11.6. The van der Waals surface area contributed by atoms with Gasteiger partial charge in [0, 0.05) is 49.9 Å². The normalized spacial score (nSPS) is 16.5. The molecule has 1 heterocycles. The average Bonchev–Trinajstić information content (AvgIpc) is 2.64. The maximum atomic E-state index is 12.7. The molecule has 9 heteroatoms. The van der Waals surface area contributed by atoms with Gasteiger partial charge in [-0.3, -0.25) is 15.0 Å². The first kappa shape index (κ1) is 18.8. The number of halogens is 1. The topological polar surface area (TPSA) is 83.8 Å². The molecule has 0 radical (unpaired) electrons. The molecule has 2 aromatic rings. The first-order chi connectivity index (χ1) is 12.4. The van der Waals surface area contributed by atoms with E-state index in [0.717, 1.165) is 18.2 Å². The Kier molecular flexibility index (Phi) is 5.57. The molecule has 7 nitrogen and oxygen atoms in total. The number of benzene rings is 2. The molecule has 0 unspecified atom stereocenters. The monoisotopic (exact) mass is 395 g/mol. The first-order valence-electron chi connectivity index (χ1n) is 8.08. The van der Waals surface area contributed by atoms with Gasteiger partial charge in [-0.1, -0.05) is 29.8 Å². The second-order valence-electron chi connectivity index (χ2n) is 6.06. The number of nitro groups is 1. The minimum Gasteiger partial charge on any atom is -0.296 e. The zero-order valence-electron chi connectivity index (χ0n) is 13.9. The molecule has 0 bridgehead atoms. The molecular formula is C17H18ClN3O4S. The van der Waals surface area contributed by atoms with E-state index in [9.17, 15) is 18.5 Å². The van der Waals surface area contributed by atoms with Gasteiger partial charge in [-0.05, 0) is 23.8 Å². The predicted molar refractivity (Wildman–Crippen MR) is 98.6 cm³/mol. The van der Waals surface area contributed by atoms with Crippen LogP contribution in [0.15, 0.2) is 53.4 Å². The molecule has 26 heavy (non-hydrogen) atoms. The minimum absolute atomic E-state index is 0.0437. The molecule has 0 aromatic heterocycles. The Balaban J connectivity index is 1.66. The number of nitrogens with zero attached hydrogens (tertiary/aromatic N) is 3. The van der Waals surface area contributed by atoms with Crippen LogP contribution in [0, 0.1) is 10.1 Å². The van der Waals surface area contributed by atoms with Crippen LogP contribution in [0.25, 0.3) is 0 Å². The van der Waals surface area contributed by atoms with Gasteiger partial charge in [0.05, 0.1) is 9.82 Å². The zero-order chi connectivity index (χ0) is 18.7. The average molecular weight is 396 g/mol. The van der Waals surface area contributed by atoms with Crippen LogP contribution in [0.3, 0.4) is 0 Å². The second kappa shape index (κ2) is 7.71. The Hall–Kier alpha value is -2.00. The Morgan fingerprint density at radius 1 is 1.04 bits per heavy atom. The standard InChI is InChI=1S/C17H18ClN3O4S/c18-15-6-4-14(5-7-15)13-19-8-10-20(11-9-19)26(24,25)17-3-1-2-16(12-17)21(22)23/h1-7,12H,8-11,13H2. The van der Waals surface area contributed by atoms with Crippen molar-refractivity contribution in [1.82, 2.24) is 9.21 Å². The van der Waals surface area contributed by atoms with Crippen molar-refractivity contribution in [2.45, 2.75) is 11.4 Å². The molecule has 0 saturated carbocycles. The summed E-state index contributed by atoms with van der Waals surface area (Å²) in [5.74, 6) is 0. The van der Waals surface area contributed by atoms with Crippen LogP contribution in [0.5, 0.6) is 0 Å². The van der Waals surface area contributed by atoms with E-state index in [1.807, 2.05) is 24.3 Å². The molecule has 3 rings (SSSR count). The summed E-state index contributed by atoms with van der Waals surface area (Å²) in [6.45, 7) is 2.60. The van der Waals surface area contributed by atoms with Gasteiger partial charge in [-0.15, -0.1) is 0 Å². The number of rotatable bonds is 5. The molecule has 138 valence electrons. The first-order valence-corrected chi connectivity index (χ1v) is 9.89. The molecule has 1 fully saturated rings. The lowest BCUT2D eigenvalue weighted by Crippen LogP contribution is -2.48. The summed E-state index contributed by atoms with van der Waals surface area (Å²) in [7, 11) is -3.74. The Morgan fingerprint density at radius 2 is 1.69 bits per heavy atom. The van der Waals surface area contributed by atoms with Crippen molar-refractivity contribution in [3.8, 4) is 0 Å². The molecule has 0 N–H and O–H groups in total. The molecule has 0 spiro atoms. The lowest BCUT2D eigenvalue weighted by Gasteiger charge is -2.34. The maximum Gasteiger partial charge on any atom is 0.270 e. The van der Waals surface area contributed by atoms with Gasteiger partial charge in [0.15, 0.2) is 0 Å². The second-order valence-corrected chi connectivity index (χ2v) is 8.44. The fourth-order valence-corrected chi connectivity index (χ4v) is 4.47. The highest BCUT2D eigenvalue weighted by atomic mass is 35.5. The summed E-state index contributed by atoms with van der Waals surface area (Å²) in [5.41, 5.74) is 0.886. The van der Waals surface area contributed by atoms with Gasteiger partial charge < -0.3 is 0 Å². The van der Waals surface area contributed by atoms with E-state index < -0.39 is 14.9 Å². The van der Waals surface area contributed by atoms with Crippen molar-refractivity contribution in [1.29, 1.82) is 0 Å². The summed E-state index contributed by atoms with van der Waals surface area (Å²) >= 11 is 5.88. The molecule has 1 saturated heterocycles. The molecule has 0 atom stereocenters. The van der Waals surface area contributed by atoms with E-state index in [-0.39, 0.29) is 10.6 Å². The van der Waals surface area contributed by atoms with Gasteiger partial charge in [0.2, 0.25) is 10.0 Å². The Bertz CT molecular complexity index is 894. The van der Waals surface area contributed by atoms with Crippen molar-refractivity contribution in [2.24, 2.45) is 0 Å². The van der Waals surface area contributed by atoms with Gasteiger partial charge in [0.25, 0.3) is 5.69 Å². The molecule has 2 aromatic carbocycles. The van der Waals surface area contributed by atoms with Gasteiger partial charge in [-0.25, -0.2) is 8.42 Å². The minimum atomic E-state index is -3.74. The highest BCUT2D eigenvalue weighted by Crippen LogP contribution is 2.22. The lowest BCUT2D eigenvalue weighted by atomic mass is 10.2. The Morgan fingerprint density at radius 3 is 2.31 bits per heavy atom. The van der Waals surface area contributed by atoms with E-state index in [1.165, 1.54) is 22.5 Å². The largest absolute Gasteiger partial charge is 0.296 e. The van der Waals surface area contributed by atoms with Crippen LogP contribution >= 0.6 is 11.6 Å². The van der Waals surface area contributed by atoms with E-state index in [2.05, 4.69) is 4.90 Å². The third kappa shape index (κ3) is 4.21. The van der Waals surface area contributed by atoms with Crippen molar-refractivity contribution in [2.75, 3.05) is 26.2 Å². The number of sulfonamides is 1. The highest BCUT2D eigenvalue weighted by molar-refractivity contribution is 7.89. The van der Waals surface area contributed by atoms with Gasteiger partial charge in [-0.2, -0.15) is 4.31 Å². The van der Waals surface area contributed by atoms with Crippen LogP contribution in [0.2, 0.25) is 5.02 Å². The number of hydrogen-bond donors (Lipinski definition) is 0. The number of non-ortho nitro benzene ring substituents is 1. The van der Waals surface area contributed by atoms with Gasteiger partial charge in [0.1, 0.15) is 0 Å². The zero-order valence-corrected chi connectivity index (χ0v) is 15.5. The van der Waals surface area contributed by atoms with Gasteiger partial charge >= 0.3 is 0 Å². The molecular weight excluding hydrogens is 378 g/mol. The summed E-state index contributed by atoms with van der Waals surface area (Å²) in [6.07, 6.45) is 0. The van der Waals surface area contributed by atoms with E-state index in [4.69, 9.17) is 11.6 Å². The highest BCUT2D eigenvalue weighted by Gasteiger charge is 2.29. The third-order valence-electron chi connectivity index (χ3n) is 4.32. The number of hydrogen-bond acceptors (Lipinski definition) is 5. The van der Waals surface area contributed by atoms with Crippen molar-refractivity contribution >= 4 is 27.3 Å². The summed E-state index contributed by atoms with van der Waals surface area (Å²) in [6, 6.07) is 12.7. The van der Waals surface area contributed by atoms with Crippen LogP contribution in [0.1, 0.15) is 5.56 Å². The molecule has 0 amide bonds. The SMILES string of the molecule is O=[N+]([O-])c1cccc(S(=O)(=O)N2CCN(Cc3ccc(Cl)cc3)CC2)c1. The van der Waals surface area contributed by atoms with Crippen LogP contribution in [0.4, 0.5) is 5.69 Å². The van der Waals surface area contributed by atoms with Crippen LogP contribution < -0.4 is 0 Å². The smallest absolute Gasteiger partial charge is 0.270 e. The van der Waals surface area contributed by atoms with Crippen molar-refractivity contribution < 1.29 is 13.3 Å². The fourth-order valence-electron chi connectivity index (χ4n) is 2.88. The number of nitro benzene ring substituents is 1. The van der Waals surface area contributed by atoms with E-state index >= 15 is 0 Å². The molecule has 1 aliphatic rings. The van der Waals surface area contributed by atoms with E-state index in [1.54, 1.807) is 0 Å².